The van der Waals surface area contributed by atoms with Gasteiger partial charge in [-0.1, -0.05) is 18.2 Å². The quantitative estimate of drug-likeness (QED) is 0.765. The van der Waals surface area contributed by atoms with Crippen molar-refractivity contribution in [1.29, 1.82) is 0 Å². The van der Waals surface area contributed by atoms with Crippen LogP contribution in [0.1, 0.15) is 21.5 Å². The average molecular weight is 390 g/mol. The van der Waals surface area contributed by atoms with E-state index in [1.165, 1.54) is 19.2 Å². The summed E-state index contributed by atoms with van der Waals surface area (Å²) in [7, 11) is -2.62. The highest BCUT2D eigenvalue weighted by Gasteiger charge is 2.25. The number of para-hydroxylation sites is 1. The summed E-state index contributed by atoms with van der Waals surface area (Å²) in [5.74, 6) is -1.21. The van der Waals surface area contributed by atoms with Crippen molar-refractivity contribution in [3.8, 4) is 0 Å². The van der Waals surface area contributed by atoms with Crippen molar-refractivity contribution in [2.45, 2.75) is 13.8 Å². The number of carbonyl (C=O) groups is 2. The van der Waals surface area contributed by atoms with Crippen LogP contribution in [0, 0.1) is 13.8 Å². The molecule has 2 rings (SSSR count). The Bertz CT molecular complexity index is 970. The molecular weight excluding hydrogens is 368 g/mol. The third-order valence-electron chi connectivity index (χ3n) is 4.06. The van der Waals surface area contributed by atoms with Crippen LogP contribution >= 0.6 is 0 Å². The van der Waals surface area contributed by atoms with E-state index in [2.05, 4.69) is 5.32 Å². The second-order valence-corrected chi connectivity index (χ2v) is 8.03. The molecule has 0 aliphatic rings. The molecule has 2 aromatic carbocycles. The zero-order chi connectivity index (χ0) is 20.2. The van der Waals surface area contributed by atoms with Crippen LogP contribution in [0.15, 0.2) is 42.5 Å². The summed E-state index contributed by atoms with van der Waals surface area (Å²) in [6.45, 7) is 3.40. The maximum atomic E-state index is 12.5. The molecule has 144 valence electrons. The van der Waals surface area contributed by atoms with Crippen LogP contribution in [-0.4, -0.2) is 40.2 Å². The van der Waals surface area contributed by atoms with Gasteiger partial charge in [-0.2, -0.15) is 0 Å². The average Bonchev–Trinajstić information content (AvgIpc) is 2.61. The number of nitrogens with one attached hydrogen (secondary N) is 1. The molecule has 1 amide bonds. The van der Waals surface area contributed by atoms with Crippen LogP contribution in [0.2, 0.25) is 0 Å². The summed E-state index contributed by atoms with van der Waals surface area (Å²) in [5, 5.41) is 2.68. The SMILES string of the molecule is COC(=O)c1ccccc1N(CC(=O)Nc1ccc(C)c(C)c1)S(C)(=O)=O. The number of esters is 1. The standard InChI is InChI=1S/C19H22N2O5S/c1-13-9-10-15(11-14(13)2)20-18(22)12-21(27(4,24)25)17-8-6-5-7-16(17)19(23)26-3/h5-11H,12H2,1-4H3,(H,20,22). The number of carbonyl (C=O) groups excluding carboxylic acids is 2. The number of anilines is 2. The van der Waals surface area contributed by atoms with Crippen molar-refractivity contribution < 1.29 is 22.7 Å². The number of rotatable bonds is 6. The monoisotopic (exact) mass is 390 g/mol. The van der Waals surface area contributed by atoms with Gasteiger partial charge in [0, 0.05) is 5.69 Å². The maximum absolute atomic E-state index is 12.5. The molecule has 0 bridgehead atoms. The predicted octanol–water partition coefficient (Wildman–Crippen LogP) is 2.49. The predicted molar refractivity (Wildman–Crippen MR) is 105 cm³/mol. The largest absolute Gasteiger partial charge is 0.465 e. The smallest absolute Gasteiger partial charge is 0.340 e. The first kappa shape index (κ1) is 20.4. The van der Waals surface area contributed by atoms with Gasteiger partial charge in [0.2, 0.25) is 15.9 Å². The first-order valence-corrected chi connectivity index (χ1v) is 10.0. The molecule has 8 heteroatoms. The number of benzene rings is 2. The molecule has 0 aliphatic heterocycles. The Morgan fingerprint density at radius 3 is 2.33 bits per heavy atom. The molecule has 0 radical (unpaired) electrons. The van der Waals surface area contributed by atoms with Gasteiger partial charge in [-0.15, -0.1) is 0 Å². The molecule has 0 aromatic heterocycles. The highest BCUT2D eigenvalue weighted by atomic mass is 32.2. The highest BCUT2D eigenvalue weighted by Crippen LogP contribution is 2.24. The molecule has 0 fully saturated rings. The van der Waals surface area contributed by atoms with Crippen molar-refractivity contribution in [1.82, 2.24) is 0 Å². The minimum atomic E-state index is -3.82. The van der Waals surface area contributed by atoms with Gasteiger partial charge in [-0.05, 0) is 49.2 Å². The summed E-state index contributed by atoms with van der Waals surface area (Å²) < 4.78 is 30.1. The Morgan fingerprint density at radius 2 is 1.74 bits per heavy atom. The zero-order valence-corrected chi connectivity index (χ0v) is 16.5. The van der Waals surface area contributed by atoms with Crippen molar-refractivity contribution >= 4 is 33.3 Å². The lowest BCUT2D eigenvalue weighted by atomic mass is 10.1. The second-order valence-electron chi connectivity index (χ2n) is 6.13. The molecule has 0 spiro atoms. The first-order chi connectivity index (χ1) is 12.6. The minimum absolute atomic E-state index is 0.0596. The van der Waals surface area contributed by atoms with E-state index >= 15 is 0 Å². The highest BCUT2D eigenvalue weighted by molar-refractivity contribution is 7.92. The first-order valence-electron chi connectivity index (χ1n) is 8.15. The normalized spacial score (nSPS) is 11.0. The topological polar surface area (TPSA) is 92.8 Å². The molecule has 7 nitrogen and oxygen atoms in total. The Balaban J connectivity index is 2.32. The van der Waals surface area contributed by atoms with Gasteiger partial charge in [0.05, 0.1) is 24.6 Å². The minimum Gasteiger partial charge on any atom is -0.465 e. The molecule has 0 aliphatic carbocycles. The number of hydrogen-bond acceptors (Lipinski definition) is 5. The molecule has 0 atom stereocenters. The summed E-state index contributed by atoms with van der Waals surface area (Å²) in [6, 6.07) is 11.5. The van der Waals surface area contributed by atoms with E-state index in [1.807, 2.05) is 19.9 Å². The fraction of sp³-hybridized carbons (Fsp3) is 0.263. The van der Waals surface area contributed by atoms with E-state index in [0.717, 1.165) is 21.7 Å². The zero-order valence-electron chi connectivity index (χ0n) is 15.6. The molecule has 27 heavy (non-hydrogen) atoms. The Hall–Kier alpha value is -2.87. The van der Waals surface area contributed by atoms with Crippen LogP contribution < -0.4 is 9.62 Å². The molecule has 1 N–H and O–H groups in total. The van der Waals surface area contributed by atoms with Crippen molar-refractivity contribution in [2.75, 3.05) is 29.5 Å². The van der Waals surface area contributed by atoms with E-state index < -0.39 is 28.4 Å². The van der Waals surface area contributed by atoms with Gasteiger partial charge in [0.25, 0.3) is 0 Å². The van der Waals surface area contributed by atoms with Crippen LogP contribution in [-0.2, 0) is 19.6 Å². The number of hydrogen-bond donors (Lipinski definition) is 1. The van der Waals surface area contributed by atoms with Crippen molar-refractivity contribution in [3.05, 3.63) is 59.2 Å². The molecule has 0 heterocycles. The number of ether oxygens (including phenoxy) is 1. The van der Waals surface area contributed by atoms with Gasteiger partial charge < -0.3 is 10.1 Å². The molecule has 0 saturated heterocycles. The number of aryl methyl sites for hydroxylation is 2. The molecular formula is C19H22N2O5S. The molecule has 0 saturated carbocycles. The van der Waals surface area contributed by atoms with Gasteiger partial charge in [-0.3, -0.25) is 9.10 Å². The van der Waals surface area contributed by atoms with Gasteiger partial charge in [0.1, 0.15) is 6.54 Å². The Kier molecular flexibility index (Phi) is 6.22. The van der Waals surface area contributed by atoms with Crippen molar-refractivity contribution in [2.24, 2.45) is 0 Å². The van der Waals surface area contributed by atoms with Gasteiger partial charge in [0.15, 0.2) is 0 Å². The summed E-state index contributed by atoms with van der Waals surface area (Å²) in [4.78, 5) is 24.4. The summed E-state index contributed by atoms with van der Waals surface area (Å²) in [5.41, 5.74) is 2.80. The maximum Gasteiger partial charge on any atom is 0.340 e. The fourth-order valence-corrected chi connectivity index (χ4v) is 3.37. The Morgan fingerprint density at radius 1 is 1.07 bits per heavy atom. The third kappa shape index (κ3) is 5.07. The fourth-order valence-electron chi connectivity index (χ4n) is 2.50. The van der Waals surface area contributed by atoms with Crippen LogP contribution in [0.3, 0.4) is 0 Å². The second kappa shape index (κ2) is 8.22. The Labute approximate surface area is 159 Å². The number of methoxy groups -OCH3 is 1. The third-order valence-corrected chi connectivity index (χ3v) is 5.18. The van der Waals surface area contributed by atoms with E-state index in [0.29, 0.717) is 5.69 Å². The number of amides is 1. The van der Waals surface area contributed by atoms with E-state index in [9.17, 15) is 18.0 Å². The van der Waals surface area contributed by atoms with E-state index in [-0.39, 0.29) is 11.3 Å². The molecule has 0 unspecified atom stereocenters. The van der Waals surface area contributed by atoms with E-state index in [4.69, 9.17) is 4.74 Å². The summed E-state index contributed by atoms with van der Waals surface area (Å²) in [6.07, 6.45) is 0.977. The lowest BCUT2D eigenvalue weighted by Gasteiger charge is -2.23. The van der Waals surface area contributed by atoms with Crippen LogP contribution in [0.25, 0.3) is 0 Å². The van der Waals surface area contributed by atoms with Gasteiger partial charge in [-0.25, -0.2) is 13.2 Å². The lowest BCUT2D eigenvalue weighted by molar-refractivity contribution is -0.114. The number of sulfonamides is 1. The van der Waals surface area contributed by atoms with Crippen LogP contribution in [0.5, 0.6) is 0 Å². The van der Waals surface area contributed by atoms with Crippen molar-refractivity contribution in [3.63, 3.8) is 0 Å². The summed E-state index contributed by atoms with van der Waals surface area (Å²) >= 11 is 0. The molecule has 2 aromatic rings. The van der Waals surface area contributed by atoms with E-state index in [1.54, 1.807) is 24.3 Å². The van der Waals surface area contributed by atoms with Crippen LogP contribution in [0.4, 0.5) is 11.4 Å². The number of nitrogens with zero attached hydrogens (tertiary/aromatic N) is 1. The van der Waals surface area contributed by atoms with Gasteiger partial charge >= 0.3 is 5.97 Å². The lowest BCUT2D eigenvalue weighted by Crippen LogP contribution is -2.38.